The van der Waals surface area contributed by atoms with Gasteiger partial charge < -0.3 is 20.1 Å². The number of pyridine rings is 1. The van der Waals surface area contributed by atoms with Crippen LogP contribution < -0.4 is 14.9 Å². The molecule has 0 atom stereocenters. The lowest BCUT2D eigenvalue weighted by Gasteiger charge is -2.35. The van der Waals surface area contributed by atoms with Crippen LogP contribution in [-0.2, 0) is 21.3 Å². The summed E-state index contributed by atoms with van der Waals surface area (Å²) in [6.45, 7) is -2.08. The number of nitrogens with one attached hydrogen (secondary N) is 2. The minimum absolute atomic E-state index is 0.0620. The third-order valence-corrected chi connectivity index (χ3v) is 8.54. The van der Waals surface area contributed by atoms with Gasteiger partial charge in [0.25, 0.3) is 5.91 Å². The van der Waals surface area contributed by atoms with E-state index >= 15 is 0 Å². The largest absolute Gasteiger partial charge is 0.395 e. The summed E-state index contributed by atoms with van der Waals surface area (Å²) < 4.78 is 57.3. The number of nitrogens with zero attached hydrogens (tertiary/aromatic N) is 4. The number of aliphatic hydroxyl groups excluding tert-OH is 1. The average Bonchev–Trinajstić information content (AvgIpc) is 3.52. The summed E-state index contributed by atoms with van der Waals surface area (Å²) in [7, 11) is -3.74. The van der Waals surface area contributed by atoms with Gasteiger partial charge in [0.2, 0.25) is 10.0 Å². The molecule has 2 fully saturated rings. The van der Waals surface area contributed by atoms with Crippen molar-refractivity contribution >= 4 is 44.2 Å². The fraction of sp³-hybridized carbons (Fsp3) is 0.480. The molecular formula is C25H30F2N6O5S. The number of alkyl halides is 2. The molecule has 11 nitrogen and oxygen atoms in total. The maximum atomic E-state index is 13.4. The molecule has 210 valence electrons. The molecule has 1 amide bonds. The normalized spacial score (nSPS) is 16.7. The van der Waals surface area contributed by atoms with Crippen LogP contribution in [0.5, 0.6) is 0 Å². The summed E-state index contributed by atoms with van der Waals surface area (Å²) in [5.74, 6) is -0.616. The minimum Gasteiger partial charge on any atom is -0.395 e. The maximum absolute atomic E-state index is 13.4. The third kappa shape index (κ3) is 6.45. The minimum atomic E-state index is -3.74. The lowest BCUT2D eigenvalue weighted by molar-refractivity contribution is -0.130. The van der Waals surface area contributed by atoms with Crippen LogP contribution in [0.2, 0.25) is 0 Å². The first-order valence-electron chi connectivity index (χ1n) is 12.7. The zero-order valence-corrected chi connectivity index (χ0v) is 22.0. The van der Waals surface area contributed by atoms with Crippen LogP contribution >= 0.6 is 0 Å². The molecule has 1 saturated heterocycles. The van der Waals surface area contributed by atoms with E-state index in [0.717, 1.165) is 25.9 Å². The number of hydrogen-bond acceptors (Lipinski definition) is 8. The Kier molecular flexibility index (Phi) is 7.69. The van der Waals surface area contributed by atoms with Crippen molar-refractivity contribution in [3.05, 3.63) is 42.1 Å². The number of piperidine rings is 1. The standard InChI is InChI=1S/C25H30F2N6O5S/c26-24(27)38-13-11-33-22-17(16-28-33)1-4-21(29-22)30-23(35)19-3-2-18(31-39(36,37)14-12-34)15-20(19)32-9-7-25(5-6-25)8-10-32/h1-4,15-16,24,31,34H,5-14H2,(H,29,30,35). The summed E-state index contributed by atoms with van der Waals surface area (Å²) in [6.07, 6.45) is 5.99. The Morgan fingerprint density at radius 2 is 1.92 bits per heavy atom. The Morgan fingerprint density at radius 1 is 1.15 bits per heavy atom. The van der Waals surface area contributed by atoms with Gasteiger partial charge in [0.05, 0.1) is 48.6 Å². The van der Waals surface area contributed by atoms with Gasteiger partial charge in [-0.3, -0.25) is 9.52 Å². The fourth-order valence-electron chi connectivity index (χ4n) is 4.90. The van der Waals surface area contributed by atoms with E-state index in [1.54, 1.807) is 30.5 Å². The van der Waals surface area contributed by atoms with Gasteiger partial charge in [-0.15, -0.1) is 0 Å². The van der Waals surface area contributed by atoms with Gasteiger partial charge in [0.15, 0.2) is 5.65 Å². The smallest absolute Gasteiger partial charge is 0.345 e. The second kappa shape index (κ2) is 11.0. The Hall–Kier alpha value is -3.36. The van der Waals surface area contributed by atoms with Crippen LogP contribution in [0.4, 0.5) is 26.0 Å². The number of anilines is 3. The van der Waals surface area contributed by atoms with E-state index in [4.69, 9.17) is 5.11 Å². The van der Waals surface area contributed by atoms with E-state index in [9.17, 15) is 22.0 Å². The molecule has 1 aliphatic heterocycles. The summed E-state index contributed by atoms with van der Waals surface area (Å²) in [5, 5.41) is 16.7. The van der Waals surface area contributed by atoms with E-state index in [-0.39, 0.29) is 19.0 Å². The van der Waals surface area contributed by atoms with Crippen LogP contribution in [0.15, 0.2) is 36.5 Å². The number of halogens is 2. The second-order valence-electron chi connectivity index (χ2n) is 9.93. The quantitative estimate of drug-likeness (QED) is 0.323. The Bertz CT molecular complexity index is 1450. The topological polar surface area (TPSA) is 139 Å². The maximum Gasteiger partial charge on any atom is 0.345 e. The van der Waals surface area contributed by atoms with Gasteiger partial charge in [0.1, 0.15) is 5.82 Å². The molecule has 0 radical (unpaired) electrons. The summed E-state index contributed by atoms with van der Waals surface area (Å²) in [4.78, 5) is 20.0. The molecule has 1 spiro atoms. The molecule has 39 heavy (non-hydrogen) atoms. The summed E-state index contributed by atoms with van der Waals surface area (Å²) in [5.41, 5.74) is 2.07. The van der Waals surface area contributed by atoms with Crippen LogP contribution in [0.1, 0.15) is 36.0 Å². The number of rotatable bonds is 11. The van der Waals surface area contributed by atoms with Crippen molar-refractivity contribution in [3.8, 4) is 0 Å². The number of fused-ring (bicyclic) bond motifs is 1. The van der Waals surface area contributed by atoms with E-state index < -0.39 is 34.9 Å². The van der Waals surface area contributed by atoms with Crippen LogP contribution in [0, 0.1) is 5.41 Å². The predicted octanol–water partition coefficient (Wildman–Crippen LogP) is 3.04. The van der Waals surface area contributed by atoms with Crippen molar-refractivity contribution in [2.75, 3.05) is 47.0 Å². The average molecular weight is 565 g/mol. The van der Waals surface area contributed by atoms with E-state index in [0.29, 0.717) is 33.4 Å². The first-order valence-corrected chi connectivity index (χ1v) is 14.4. The van der Waals surface area contributed by atoms with Gasteiger partial charge in [-0.1, -0.05) is 0 Å². The Morgan fingerprint density at radius 3 is 2.62 bits per heavy atom. The number of carbonyl (C=O) groups excluding carboxylic acids is 1. The number of aliphatic hydroxyl groups is 1. The van der Waals surface area contributed by atoms with E-state index in [2.05, 4.69) is 29.8 Å². The Labute approximate surface area is 224 Å². The lowest BCUT2D eigenvalue weighted by Crippen LogP contribution is -2.35. The van der Waals surface area contributed by atoms with Gasteiger partial charge >= 0.3 is 6.61 Å². The third-order valence-electron chi connectivity index (χ3n) is 7.27. The molecule has 14 heteroatoms. The Balaban J connectivity index is 1.38. The van der Waals surface area contributed by atoms with Gasteiger partial charge in [0, 0.05) is 18.5 Å². The highest BCUT2D eigenvalue weighted by molar-refractivity contribution is 7.92. The molecular weight excluding hydrogens is 534 g/mol. The summed E-state index contributed by atoms with van der Waals surface area (Å²) >= 11 is 0. The fourth-order valence-corrected chi connectivity index (χ4v) is 5.73. The van der Waals surface area contributed by atoms with Gasteiger partial charge in [-0.05, 0) is 61.4 Å². The molecule has 2 aliphatic rings. The molecule has 1 saturated carbocycles. The number of carbonyl (C=O) groups is 1. The molecule has 3 N–H and O–H groups in total. The first-order chi connectivity index (χ1) is 18.7. The zero-order chi connectivity index (χ0) is 27.6. The van der Waals surface area contributed by atoms with Crippen molar-refractivity contribution in [1.29, 1.82) is 0 Å². The van der Waals surface area contributed by atoms with Crippen molar-refractivity contribution in [3.63, 3.8) is 0 Å². The van der Waals surface area contributed by atoms with Crippen LogP contribution in [0.3, 0.4) is 0 Å². The number of ether oxygens (including phenoxy) is 1. The monoisotopic (exact) mass is 564 g/mol. The van der Waals surface area contributed by atoms with E-state index in [1.165, 1.54) is 23.6 Å². The molecule has 3 aromatic rings. The summed E-state index contributed by atoms with van der Waals surface area (Å²) in [6, 6.07) is 8.05. The molecule has 1 aliphatic carbocycles. The van der Waals surface area contributed by atoms with Crippen molar-refractivity contribution in [2.24, 2.45) is 5.41 Å². The van der Waals surface area contributed by atoms with Gasteiger partial charge in [-0.25, -0.2) is 18.1 Å². The molecule has 0 bridgehead atoms. The molecule has 2 aromatic heterocycles. The molecule has 0 unspecified atom stereocenters. The number of benzene rings is 1. The SMILES string of the molecule is O=C(Nc1ccc2cnn(CCOC(F)F)c2n1)c1ccc(NS(=O)(=O)CCO)cc1N1CCC2(CC1)CC2. The number of hydrogen-bond donors (Lipinski definition) is 3. The second-order valence-corrected chi connectivity index (χ2v) is 11.8. The van der Waals surface area contributed by atoms with Crippen molar-refractivity contribution in [2.45, 2.75) is 38.8 Å². The highest BCUT2D eigenvalue weighted by Crippen LogP contribution is 2.54. The number of sulfonamides is 1. The molecule has 5 rings (SSSR count). The highest BCUT2D eigenvalue weighted by atomic mass is 32.2. The van der Waals surface area contributed by atoms with Crippen molar-refractivity contribution < 1.29 is 31.8 Å². The zero-order valence-electron chi connectivity index (χ0n) is 21.1. The van der Waals surface area contributed by atoms with Crippen LogP contribution in [0.25, 0.3) is 11.0 Å². The van der Waals surface area contributed by atoms with E-state index in [1.807, 2.05) is 0 Å². The molecule has 3 heterocycles. The number of amides is 1. The first kappa shape index (κ1) is 27.2. The van der Waals surface area contributed by atoms with Gasteiger partial charge in [-0.2, -0.15) is 13.9 Å². The lowest BCUT2D eigenvalue weighted by atomic mass is 9.93. The molecule has 1 aromatic carbocycles. The highest BCUT2D eigenvalue weighted by Gasteiger charge is 2.44. The predicted molar refractivity (Wildman–Crippen MR) is 141 cm³/mol. The van der Waals surface area contributed by atoms with Crippen molar-refractivity contribution in [1.82, 2.24) is 14.8 Å². The van der Waals surface area contributed by atoms with Crippen LogP contribution in [-0.4, -0.2) is 72.9 Å². The number of aromatic nitrogens is 3.